The van der Waals surface area contributed by atoms with Gasteiger partial charge in [0.1, 0.15) is 0 Å². The van der Waals surface area contributed by atoms with E-state index in [4.69, 9.17) is 0 Å². The molecule has 0 aliphatic heterocycles. The minimum Gasteiger partial charge on any atom is -0.307 e. The molecular formula is C15H27N3. The van der Waals surface area contributed by atoms with Crippen LogP contribution in [0.2, 0.25) is 0 Å². The first-order valence-corrected chi connectivity index (χ1v) is 7.41. The van der Waals surface area contributed by atoms with Crippen molar-refractivity contribution in [3.8, 4) is 0 Å². The molecule has 18 heavy (non-hydrogen) atoms. The normalized spacial score (nSPS) is 21.5. The molecule has 0 bridgehead atoms. The average molecular weight is 249 g/mol. The summed E-state index contributed by atoms with van der Waals surface area (Å²) in [6, 6.07) is 1.01. The summed E-state index contributed by atoms with van der Waals surface area (Å²) in [5, 5.41) is 8.00. The molecule has 1 saturated carbocycles. The Bertz CT molecular complexity index is 350. The number of hydrogen-bond acceptors (Lipinski definition) is 2. The molecule has 0 radical (unpaired) electrons. The van der Waals surface area contributed by atoms with Gasteiger partial charge >= 0.3 is 0 Å². The predicted octanol–water partition coefficient (Wildman–Crippen LogP) is 3.43. The third-order valence-corrected chi connectivity index (χ3v) is 4.34. The van der Waals surface area contributed by atoms with E-state index in [9.17, 15) is 0 Å². The van der Waals surface area contributed by atoms with Crippen LogP contribution in [0.3, 0.4) is 0 Å². The summed E-state index contributed by atoms with van der Waals surface area (Å²) in [6.45, 7) is 4.59. The van der Waals surface area contributed by atoms with Crippen molar-refractivity contribution in [1.82, 2.24) is 15.1 Å². The van der Waals surface area contributed by atoms with Crippen LogP contribution in [0.25, 0.3) is 0 Å². The molecule has 1 unspecified atom stereocenters. The van der Waals surface area contributed by atoms with E-state index in [1.807, 2.05) is 17.9 Å². The second kappa shape index (κ2) is 6.37. The SMILES string of the molecule is CC(N[C@@H](C)C1CCCCCC1)c1cnn(C)c1. The van der Waals surface area contributed by atoms with E-state index in [0.29, 0.717) is 12.1 Å². The Morgan fingerprint density at radius 1 is 1.22 bits per heavy atom. The van der Waals surface area contributed by atoms with Crippen LogP contribution in [-0.4, -0.2) is 15.8 Å². The van der Waals surface area contributed by atoms with Gasteiger partial charge in [-0.05, 0) is 32.6 Å². The first-order valence-electron chi connectivity index (χ1n) is 7.41. The molecule has 0 aromatic carbocycles. The monoisotopic (exact) mass is 249 g/mol. The number of nitrogens with zero attached hydrogens (tertiary/aromatic N) is 2. The van der Waals surface area contributed by atoms with Crippen molar-refractivity contribution >= 4 is 0 Å². The third-order valence-electron chi connectivity index (χ3n) is 4.34. The predicted molar refractivity (Wildman–Crippen MR) is 75.4 cm³/mol. The fourth-order valence-corrected chi connectivity index (χ4v) is 3.10. The van der Waals surface area contributed by atoms with Crippen LogP contribution >= 0.6 is 0 Å². The Kier molecular flexibility index (Phi) is 4.81. The van der Waals surface area contributed by atoms with Gasteiger partial charge in [0.05, 0.1) is 6.20 Å². The molecule has 1 aromatic rings. The lowest BCUT2D eigenvalue weighted by molar-refractivity contribution is 0.316. The van der Waals surface area contributed by atoms with Crippen molar-refractivity contribution in [3.63, 3.8) is 0 Å². The molecule has 3 heteroatoms. The molecule has 0 amide bonds. The lowest BCUT2D eigenvalue weighted by Gasteiger charge is -2.26. The zero-order chi connectivity index (χ0) is 13.0. The fraction of sp³-hybridized carbons (Fsp3) is 0.800. The van der Waals surface area contributed by atoms with Gasteiger partial charge in [-0.3, -0.25) is 4.68 Å². The van der Waals surface area contributed by atoms with Gasteiger partial charge in [0.25, 0.3) is 0 Å². The topological polar surface area (TPSA) is 29.9 Å². The highest BCUT2D eigenvalue weighted by molar-refractivity contribution is 5.09. The third kappa shape index (κ3) is 3.58. The maximum Gasteiger partial charge on any atom is 0.0537 e. The summed E-state index contributed by atoms with van der Waals surface area (Å²) < 4.78 is 1.88. The van der Waals surface area contributed by atoms with Crippen LogP contribution in [-0.2, 0) is 7.05 Å². The van der Waals surface area contributed by atoms with Gasteiger partial charge in [-0.2, -0.15) is 5.10 Å². The first-order chi connectivity index (χ1) is 8.66. The van der Waals surface area contributed by atoms with E-state index in [2.05, 4.69) is 30.5 Å². The molecule has 1 fully saturated rings. The van der Waals surface area contributed by atoms with Crippen LogP contribution in [0.1, 0.15) is 64.0 Å². The smallest absolute Gasteiger partial charge is 0.0537 e. The number of hydrogen-bond donors (Lipinski definition) is 1. The van der Waals surface area contributed by atoms with Gasteiger partial charge < -0.3 is 5.32 Å². The second-order valence-electron chi connectivity index (χ2n) is 5.88. The molecule has 1 heterocycles. The molecule has 2 rings (SSSR count). The van der Waals surface area contributed by atoms with Crippen LogP contribution in [0.5, 0.6) is 0 Å². The van der Waals surface area contributed by atoms with Crippen LogP contribution in [0, 0.1) is 5.92 Å². The van der Waals surface area contributed by atoms with E-state index in [1.165, 1.54) is 44.1 Å². The summed E-state index contributed by atoms with van der Waals surface area (Å²) in [5.74, 6) is 0.853. The quantitative estimate of drug-likeness (QED) is 0.829. The molecule has 3 nitrogen and oxygen atoms in total. The zero-order valence-electron chi connectivity index (χ0n) is 12.0. The number of rotatable bonds is 4. The maximum atomic E-state index is 4.25. The minimum atomic E-state index is 0.400. The van der Waals surface area contributed by atoms with Crippen LogP contribution < -0.4 is 5.32 Å². The lowest BCUT2D eigenvalue weighted by Crippen LogP contribution is -2.35. The van der Waals surface area contributed by atoms with Gasteiger partial charge in [0, 0.05) is 30.9 Å². The van der Waals surface area contributed by atoms with Crippen molar-refractivity contribution in [1.29, 1.82) is 0 Å². The maximum absolute atomic E-state index is 4.25. The number of aromatic nitrogens is 2. The molecule has 1 aliphatic rings. The van der Waals surface area contributed by atoms with Crippen molar-refractivity contribution in [2.75, 3.05) is 0 Å². The molecule has 1 N–H and O–H groups in total. The van der Waals surface area contributed by atoms with Crippen LogP contribution in [0.4, 0.5) is 0 Å². The van der Waals surface area contributed by atoms with E-state index in [0.717, 1.165) is 5.92 Å². The fourth-order valence-electron chi connectivity index (χ4n) is 3.10. The Morgan fingerprint density at radius 2 is 1.89 bits per heavy atom. The summed E-state index contributed by atoms with van der Waals surface area (Å²) in [4.78, 5) is 0. The summed E-state index contributed by atoms with van der Waals surface area (Å²) in [7, 11) is 1.98. The summed E-state index contributed by atoms with van der Waals surface area (Å²) >= 11 is 0. The summed E-state index contributed by atoms with van der Waals surface area (Å²) in [5.41, 5.74) is 1.29. The van der Waals surface area contributed by atoms with Crippen molar-refractivity contribution in [2.24, 2.45) is 13.0 Å². The molecule has 0 saturated heterocycles. The molecule has 2 atom stereocenters. The van der Waals surface area contributed by atoms with E-state index in [1.54, 1.807) is 0 Å². The van der Waals surface area contributed by atoms with Crippen molar-refractivity contribution < 1.29 is 0 Å². The number of aryl methyl sites for hydroxylation is 1. The molecule has 1 aromatic heterocycles. The van der Waals surface area contributed by atoms with E-state index >= 15 is 0 Å². The number of nitrogens with one attached hydrogen (secondary N) is 1. The Morgan fingerprint density at radius 3 is 2.44 bits per heavy atom. The lowest BCUT2D eigenvalue weighted by atomic mass is 9.92. The standard InChI is InChI=1S/C15H27N3/c1-12(14-8-6-4-5-7-9-14)17-13(2)15-10-16-18(3)11-15/h10-14,17H,4-9H2,1-3H3/t12-,13?/m0/s1. The Balaban J connectivity index is 1.87. The summed E-state index contributed by atoms with van der Waals surface area (Å²) in [6.07, 6.45) is 12.6. The van der Waals surface area contributed by atoms with Gasteiger partial charge in [-0.1, -0.05) is 25.7 Å². The van der Waals surface area contributed by atoms with Crippen molar-refractivity contribution in [2.45, 2.75) is 64.5 Å². The molecular weight excluding hydrogens is 222 g/mol. The van der Waals surface area contributed by atoms with E-state index in [-0.39, 0.29) is 0 Å². The first kappa shape index (κ1) is 13.6. The van der Waals surface area contributed by atoms with E-state index < -0.39 is 0 Å². The Hall–Kier alpha value is -0.830. The second-order valence-corrected chi connectivity index (χ2v) is 5.88. The largest absolute Gasteiger partial charge is 0.307 e. The highest BCUT2D eigenvalue weighted by Gasteiger charge is 2.20. The highest BCUT2D eigenvalue weighted by Crippen LogP contribution is 2.26. The van der Waals surface area contributed by atoms with Gasteiger partial charge in [0.15, 0.2) is 0 Å². The minimum absolute atomic E-state index is 0.400. The van der Waals surface area contributed by atoms with Crippen molar-refractivity contribution in [3.05, 3.63) is 18.0 Å². The van der Waals surface area contributed by atoms with Gasteiger partial charge in [-0.25, -0.2) is 0 Å². The van der Waals surface area contributed by atoms with Gasteiger partial charge in [-0.15, -0.1) is 0 Å². The molecule has 102 valence electrons. The zero-order valence-corrected chi connectivity index (χ0v) is 12.0. The average Bonchev–Trinajstić information content (AvgIpc) is 2.63. The molecule has 1 aliphatic carbocycles. The highest BCUT2D eigenvalue weighted by atomic mass is 15.2. The van der Waals surface area contributed by atoms with Crippen LogP contribution in [0.15, 0.2) is 12.4 Å². The molecule has 0 spiro atoms. The van der Waals surface area contributed by atoms with Gasteiger partial charge in [0.2, 0.25) is 0 Å². The Labute approximate surface area is 111 Å².